The van der Waals surface area contributed by atoms with E-state index in [-0.39, 0.29) is 0 Å². The summed E-state index contributed by atoms with van der Waals surface area (Å²) >= 11 is 0. The Hall–Kier alpha value is -1.77. The molecule has 3 heteroatoms. The van der Waals surface area contributed by atoms with Crippen LogP contribution < -0.4 is 0 Å². The van der Waals surface area contributed by atoms with Gasteiger partial charge in [-0.25, -0.2) is 0 Å². The van der Waals surface area contributed by atoms with E-state index in [1.165, 1.54) is 0 Å². The van der Waals surface area contributed by atoms with Crippen molar-refractivity contribution in [3.8, 4) is 0 Å². The van der Waals surface area contributed by atoms with E-state index in [1.54, 1.807) is 0 Å². The lowest BCUT2D eigenvalue weighted by molar-refractivity contribution is 0.318. The van der Waals surface area contributed by atoms with E-state index in [4.69, 9.17) is 5.21 Å². The minimum atomic E-state index is 0.763. The minimum Gasteiger partial charge on any atom is -0.411 e. The molecule has 1 aromatic heterocycles. The Morgan fingerprint density at radius 1 is 1.38 bits per heavy atom. The van der Waals surface area contributed by atoms with Gasteiger partial charge in [0, 0.05) is 22.7 Å². The van der Waals surface area contributed by atoms with Crippen LogP contribution in [0.25, 0.3) is 10.9 Å². The molecule has 0 radical (unpaired) electrons. The Morgan fingerprint density at radius 3 is 2.94 bits per heavy atom. The number of fused-ring (bicyclic) bond motifs is 1. The van der Waals surface area contributed by atoms with Crippen LogP contribution in [0, 0.1) is 0 Å². The normalized spacial score (nSPS) is 12.2. The zero-order valence-corrected chi connectivity index (χ0v) is 9.40. The first-order valence-electron chi connectivity index (χ1n) is 5.64. The topological polar surface area (TPSA) is 48.4 Å². The summed E-state index contributed by atoms with van der Waals surface area (Å²) in [6, 6.07) is 8.05. The summed E-state index contributed by atoms with van der Waals surface area (Å²) in [5, 5.41) is 13.6. The fourth-order valence-corrected chi connectivity index (χ4v) is 1.89. The number of hydrogen-bond acceptors (Lipinski definition) is 2. The molecule has 0 saturated carbocycles. The number of para-hydroxylation sites is 1. The van der Waals surface area contributed by atoms with E-state index in [0.717, 1.165) is 41.4 Å². The molecule has 0 aliphatic heterocycles. The molecule has 2 aromatic rings. The summed E-state index contributed by atoms with van der Waals surface area (Å²) in [6.07, 6.45) is 4.87. The first-order chi connectivity index (χ1) is 7.86. The molecule has 0 aliphatic carbocycles. The maximum atomic E-state index is 9.06. The summed E-state index contributed by atoms with van der Waals surface area (Å²) in [6.45, 7) is 2.13. The quantitative estimate of drug-likeness (QED) is 0.458. The van der Waals surface area contributed by atoms with Gasteiger partial charge in [-0.2, -0.15) is 0 Å². The highest BCUT2D eigenvalue weighted by Crippen LogP contribution is 2.20. The van der Waals surface area contributed by atoms with Gasteiger partial charge in [0.2, 0.25) is 0 Å². The molecular weight excluding hydrogens is 200 g/mol. The lowest BCUT2D eigenvalue weighted by atomic mass is 10.0. The van der Waals surface area contributed by atoms with Gasteiger partial charge >= 0.3 is 0 Å². The van der Waals surface area contributed by atoms with Gasteiger partial charge in [0.25, 0.3) is 0 Å². The molecule has 0 unspecified atom stereocenters. The Labute approximate surface area is 94.8 Å². The lowest BCUT2D eigenvalue weighted by Gasteiger charge is -2.01. The standard InChI is InChI=1S/C13H16N2O/c1-2-3-7-13(15-16)11-9-14-12-8-5-4-6-10(11)12/h4-6,8-9,14,16H,2-3,7H2,1H3/b15-13-. The second-order valence-electron chi connectivity index (χ2n) is 3.90. The van der Waals surface area contributed by atoms with Crippen molar-refractivity contribution >= 4 is 16.6 Å². The average Bonchev–Trinajstić information content (AvgIpc) is 2.75. The monoisotopic (exact) mass is 216 g/mol. The molecule has 1 heterocycles. The summed E-state index contributed by atoms with van der Waals surface area (Å²) in [4.78, 5) is 3.19. The van der Waals surface area contributed by atoms with Gasteiger partial charge < -0.3 is 10.2 Å². The molecule has 84 valence electrons. The van der Waals surface area contributed by atoms with Crippen molar-refractivity contribution in [2.75, 3.05) is 0 Å². The van der Waals surface area contributed by atoms with Crippen molar-refractivity contribution in [1.29, 1.82) is 0 Å². The smallest absolute Gasteiger partial charge is 0.0889 e. The van der Waals surface area contributed by atoms with E-state index < -0.39 is 0 Å². The fraction of sp³-hybridized carbons (Fsp3) is 0.308. The Morgan fingerprint density at radius 2 is 2.19 bits per heavy atom. The third-order valence-electron chi connectivity index (χ3n) is 2.79. The molecule has 3 nitrogen and oxygen atoms in total. The van der Waals surface area contributed by atoms with Gasteiger partial charge in [-0.05, 0) is 18.9 Å². The third-order valence-corrected chi connectivity index (χ3v) is 2.79. The first-order valence-corrected chi connectivity index (χ1v) is 5.64. The van der Waals surface area contributed by atoms with Gasteiger partial charge in [0.1, 0.15) is 0 Å². The predicted octanol–water partition coefficient (Wildman–Crippen LogP) is 3.54. The molecule has 0 spiro atoms. The second kappa shape index (κ2) is 4.84. The number of benzene rings is 1. The van der Waals surface area contributed by atoms with Crippen molar-refractivity contribution < 1.29 is 5.21 Å². The SMILES string of the molecule is CCCC/C(=N/O)c1c[nH]c2ccccc12. The average molecular weight is 216 g/mol. The maximum Gasteiger partial charge on any atom is 0.0889 e. The summed E-state index contributed by atoms with van der Waals surface area (Å²) < 4.78 is 0. The Kier molecular flexibility index (Phi) is 3.25. The van der Waals surface area contributed by atoms with Gasteiger partial charge in [-0.1, -0.05) is 36.7 Å². The fourth-order valence-electron chi connectivity index (χ4n) is 1.89. The van der Waals surface area contributed by atoms with E-state index in [0.29, 0.717) is 0 Å². The number of H-pyrrole nitrogens is 1. The zero-order chi connectivity index (χ0) is 11.4. The maximum absolute atomic E-state index is 9.06. The third kappa shape index (κ3) is 1.94. The zero-order valence-electron chi connectivity index (χ0n) is 9.40. The number of aromatic amines is 1. The summed E-state index contributed by atoms with van der Waals surface area (Å²) in [5.74, 6) is 0. The number of nitrogens with zero attached hydrogens (tertiary/aromatic N) is 1. The van der Waals surface area contributed by atoms with Crippen molar-refractivity contribution in [3.63, 3.8) is 0 Å². The van der Waals surface area contributed by atoms with Crippen LogP contribution >= 0.6 is 0 Å². The van der Waals surface area contributed by atoms with Crippen molar-refractivity contribution in [2.45, 2.75) is 26.2 Å². The molecule has 0 bridgehead atoms. The predicted molar refractivity (Wildman–Crippen MR) is 66.1 cm³/mol. The summed E-state index contributed by atoms with van der Waals surface area (Å²) in [5.41, 5.74) is 2.85. The van der Waals surface area contributed by atoms with Crippen LogP contribution in [0.4, 0.5) is 0 Å². The molecule has 2 rings (SSSR count). The molecule has 0 aliphatic rings. The van der Waals surface area contributed by atoms with Crippen LogP contribution in [-0.2, 0) is 0 Å². The van der Waals surface area contributed by atoms with Crippen molar-refractivity contribution in [1.82, 2.24) is 4.98 Å². The highest BCUT2D eigenvalue weighted by molar-refractivity contribution is 6.10. The highest BCUT2D eigenvalue weighted by Gasteiger charge is 2.09. The second-order valence-corrected chi connectivity index (χ2v) is 3.90. The molecule has 0 saturated heterocycles. The van der Waals surface area contributed by atoms with Crippen LogP contribution in [-0.4, -0.2) is 15.9 Å². The van der Waals surface area contributed by atoms with Crippen LogP contribution in [0.5, 0.6) is 0 Å². The van der Waals surface area contributed by atoms with E-state index in [2.05, 4.69) is 17.1 Å². The number of oxime groups is 1. The lowest BCUT2D eigenvalue weighted by Crippen LogP contribution is -1.99. The first kappa shape index (κ1) is 10.7. The van der Waals surface area contributed by atoms with Crippen LogP contribution in [0.15, 0.2) is 35.6 Å². The largest absolute Gasteiger partial charge is 0.411 e. The van der Waals surface area contributed by atoms with E-state index >= 15 is 0 Å². The van der Waals surface area contributed by atoms with Gasteiger partial charge in [-0.3, -0.25) is 0 Å². The number of aromatic nitrogens is 1. The van der Waals surface area contributed by atoms with Gasteiger partial charge in [0.15, 0.2) is 0 Å². The summed E-state index contributed by atoms with van der Waals surface area (Å²) in [7, 11) is 0. The highest BCUT2D eigenvalue weighted by atomic mass is 16.4. The molecule has 0 fully saturated rings. The van der Waals surface area contributed by atoms with Gasteiger partial charge in [0.05, 0.1) is 5.71 Å². The number of nitrogens with one attached hydrogen (secondary N) is 1. The molecule has 16 heavy (non-hydrogen) atoms. The Balaban J connectivity index is 2.38. The molecular formula is C13H16N2O. The number of unbranched alkanes of at least 4 members (excludes halogenated alkanes) is 1. The molecule has 1 aromatic carbocycles. The molecule has 0 amide bonds. The molecule has 0 atom stereocenters. The van der Waals surface area contributed by atoms with Crippen molar-refractivity contribution in [2.24, 2.45) is 5.16 Å². The van der Waals surface area contributed by atoms with E-state index in [1.807, 2.05) is 30.5 Å². The number of hydrogen-bond donors (Lipinski definition) is 2. The molecule has 2 N–H and O–H groups in total. The van der Waals surface area contributed by atoms with Crippen LogP contribution in [0.1, 0.15) is 31.7 Å². The van der Waals surface area contributed by atoms with Crippen LogP contribution in [0.2, 0.25) is 0 Å². The van der Waals surface area contributed by atoms with Crippen LogP contribution in [0.3, 0.4) is 0 Å². The van der Waals surface area contributed by atoms with Crippen molar-refractivity contribution in [3.05, 3.63) is 36.0 Å². The van der Waals surface area contributed by atoms with Gasteiger partial charge in [-0.15, -0.1) is 0 Å². The number of rotatable bonds is 4. The minimum absolute atomic E-state index is 0.763. The van der Waals surface area contributed by atoms with E-state index in [9.17, 15) is 0 Å². The Bertz CT molecular complexity index is 499.